The SMILES string of the molecule is CCn1nc(C(=O)NC2CC2)c(C)c1Oc1ccc([N+](=O)[O-])cc1F. The first-order valence-corrected chi connectivity index (χ1v) is 7.90. The number of ether oxygens (including phenoxy) is 1. The summed E-state index contributed by atoms with van der Waals surface area (Å²) in [6.07, 6.45) is 1.91. The fourth-order valence-electron chi connectivity index (χ4n) is 2.37. The van der Waals surface area contributed by atoms with E-state index in [0.717, 1.165) is 25.0 Å². The van der Waals surface area contributed by atoms with Gasteiger partial charge in [0.15, 0.2) is 17.3 Å². The van der Waals surface area contributed by atoms with Crippen LogP contribution in [-0.4, -0.2) is 26.7 Å². The van der Waals surface area contributed by atoms with Gasteiger partial charge in [0.2, 0.25) is 5.88 Å². The molecule has 1 heterocycles. The van der Waals surface area contributed by atoms with Gasteiger partial charge >= 0.3 is 0 Å². The Kier molecular flexibility index (Phi) is 4.39. The summed E-state index contributed by atoms with van der Waals surface area (Å²) in [7, 11) is 0. The first kappa shape index (κ1) is 16.9. The van der Waals surface area contributed by atoms with Gasteiger partial charge in [-0.3, -0.25) is 14.9 Å². The topological polar surface area (TPSA) is 99.3 Å². The van der Waals surface area contributed by atoms with Crippen molar-refractivity contribution in [2.75, 3.05) is 0 Å². The van der Waals surface area contributed by atoms with Crippen molar-refractivity contribution in [2.24, 2.45) is 0 Å². The normalized spacial score (nSPS) is 13.6. The van der Waals surface area contributed by atoms with Crippen LogP contribution in [0.1, 0.15) is 35.8 Å². The van der Waals surface area contributed by atoms with E-state index in [0.29, 0.717) is 12.1 Å². The fourth-order valence-corrected chi connectivity index (χ4v) is 2.37. The van der Waals surface area contributed by atoms with Gasteiger partial charge in [0.25, 0.3) is 11.6 Å². The molecule has 2 aromatic rings. The minimum atomic E-state index is -0.860. The van der Waals surface area contributed by atoms with E-state index in [9.17, 15) is 19.3 Å². The lowest BCUT2D eigenvalue weighted by Gasteiger charge is -2.09. The number of nitrogens with one attached hydrogen (secondary N) is 1. The zero-order valence-corrected chi connectivity index (χ0v) is 13.8. The van der Waals surface area contributed by atoms with E-state index < -0.39 is 10.7 Å². The van der Waals surface area contributed by atoms with Gasteiger partial charge in [0.1, 0.15) is 0 Å². The molecule has 1 N–H and O–H groups in total. The lowest BCUT2D eigenvalue weighted by Crippen LogP contribution is -2.26. The van der Waals surface area contributed by atoms with Crippen molar-refractivity contribution < 1.29 is 18.8 Å². The van der Waals surface area contributed by atoms with Crippen molar-refractivity contribution in [3.8, 4) is 11.6 Å². The van der Waals surface area contributed by atoms with Gasteiger partial charge in [0.05, 0.1) is 11.0 Å². The third kappa shape index (κ3) is 3.44. The van der Waals surface area contributed by atoms with Crippen LogP contribution in [0.4, 0.5) is 10.1 Å². The van der Waals surface area contributed by atoms with Crippen LogP contribution in [0.25, 0.3) is 0 Å². The zero-order chi connectivity index (χ0) is 18.1. The number of benzene rings is 1. The zero-order valence-electron chi connectivity index (χ0n) is 13.8. The van der Waals surface area contributed by atoms with Gasteiger partial charge in [0, 0.05) is 24.2 Å². The standard InChI is InChI=1S/C16H17FN4O4/c1-3-20-16(9(2)14(19-20)15(22)18-10-4-5-10)25-13-7-6-11(21(23)24)8-12(13)17/h6-8,10H,3-5H2,1-2H3,(H,18,22). The highest BCUT2D eigenvalue weighted by molar-refractivity contribution is 5.94. The summed E-state index contributed by atoms with van der Waals surface area (Å²) in [5.41, 5.74) is 0.346. The summed E-state index contributed by atoms with van der Waals surface area (Å²) in [6, 6.07) is 3.32. The Bertz CT molecular complexity index is 845. The van der Waals surface area contributed by atoms with Crippen molar-refractivity contribution in [2.45, 2.75) is 39.3 Å². The number of nitrogens with zero attached hydrogens (tertiary/aromatic N) is 3. The molecule has 0 radical (unpaired) electrons. The van der Waals surface area contributed by atoms with E-state index in [1.54, 1.807) is 6.92 Å². The van der Waals surface area contributed by atoms with E-state index in [1.807, 2.05) is 6.92 Å². The van der Waals surface area contributed by atoms with Crippen LogP contribution < -0.4 is 10.1 Å². The third-order valence-corrected chi connectivity index (χ3v) is 3.89. The van der Waals surface area contributed by atoms with Gasteiger partial charge < -0.3 is 10.1 Å². The summed E-state index contributed by atoms with van der Waals surface area (Å²) in [5, 5.41) is 17.8. The summed E-state index contributed by atoms with van der Waals surface area (Å²) >= 11 is 0. The predicted octanol–water partition coefficient (Wildman–Crippen LogP) is 2.94. The van der Waals surface area contributed by atoms with Crippen molar-refractivity contribution in [1.29, 1.82) is 0 Å². The quantitative estimate of drug-likeness (QED) is 0.639. The molecule has 1 aliphatic rings. The highest BCUT2D eigenvalue weighted by Crippen LogP contribution is 2.31. The minimum Gasteiger partial charge on any atom is -0.436 e. The molecule has 0 bridgehead atoms. The number of aryl methyl sites for hydroxylation is 1. The molecular formula is C16H17FN4O4. The summed E-state index contributed by atoms with van der Waals surface area (Å²) in [4.78, 5) is 22.2. The maximum atomic E-state index is 14.1. The number of rotatable bonds is 6. The van der Waals surface area contributed by atoms with E-state index in [-0.39, 0.29) is 35.0 Å². The number of carbonyl (C=O) groups is 1. The van der Waals surface area contributed by atoms with Crippen LogP contribution >= 0.6 is 0 Å². The molecule has 0 unspecified atom stereocenters. The van der Waals surface area contributed by atoms with Crippen molar-refractivity contribution in [1.82, 2.24) is 15.1 Å². The molecule has 8 nitrogen and oxygen atoms in total. The van der Waals surface area contributed by atoms with Crippen LogP contribution in [0.15, 0.2) is 18.2 Å². The van der Waals surface area contributed by atoms with E-state index in [2.05, 4.69) is 10.4 Å². The van der Waals surface area contributed by atoms with Crippen molar-refractivity contribution in [3.63, 3.8) is 0 Å². The summed E-state index contributed by atoms with van der Waals surface area (Å²) in [5.74, 6) is -1.09. The average Bonchev–Trinajstić information content (AvgIpc) is 3.32. The molecule has 0 aliphatic heterocycles. The molecule has 1 aliphatic carbocycles. The van der Waals surface area contributed by atoms with Gasteiger partial charge in [-0.15, -0.1) is 0 Å². The van der Waals surface area contributed by atoms with Crippen LogP contribution in [0, 0.1) is 22.9 Å². The Morgan fingerprint density at radius 3 is 2.80 bits per heavy atom. The lowest BCUT2D eigenvalue weighted by atomic mass is 10.2. The van der Waals surface area contributed by atoms with Gasteiger partial charge in [-0.25, -0.2) is 9.07 Å². The Morgan fingerprint density at radius 2 is 2.24 bits per heavy atom. The Hall–Kier alpha value is -2.97. The van der Waals surface area contributed by atoms with Crippen LogP contribution in [-0.2, 0) is 6.54 Å². The molecule has 0 spiro atoms. The van der Waals surface area contributed by atoms with E-state index in [4.69, 9.17) is 4.74 Å². The van der Waals surface area contributed by atoms with Gasteiger partial charge in [-0.1, -0.05) is 0 Å². The number of halogens is 1. The van der Waals surface area contributed by atoms with Crippen molar-refractivity contribution in [3.05, 3.63) is 45.4 Å². The number of hydrogen-bond acceptors (Lipinski definition) is 5. The number of nitro benzene ring substituents is 1. The molecule has 3 rings (SSSR count). The van der Waals surface area contributed by atoms with E-state index in [1.165, 1.54) is 10.7 Å². The van der Waals surface area contributed by atoms with Crippen LogP contribution in [0.2, 0.25) is 0 Å². The number of non-ortho nitro benzene ring substituents is 1. The monoisotopic (exact) mass is 348 g/mol. The maximum absolute atomic E-state index is 14.1. The van der Waals surface area contributed by atoms with Crippen LogP contribution in [0.3, 0.4) is 0 Å². The third-order valence-electron chi connectivity index (χ3n) is 3.89. The number of carbonyl (C=O) groups excluding carboxylic acids is 1. The molecule has 9 heteroatoms. The summed E-state index contributed by atoms with van der Waals surface area (Å²) < 4.78 is 21.1. The molecule has 1 aromatic carbocycles. The van der Waals surface area contributed by atoms with Gasteiger partial charge in [-0.2, -0.15) is 5.10 Å². The molecule has 1 saturated carbocycles. The maximum Gasteiger partial charge on any atom is 0.272 e. The Balaban J connectivity index is 1.90. The highest BCUT2D eigenvalue weighted by Gasteiger charge is 2.28. The number of nitro groups is 1. The van der Waals surface area contributed by atoms with E-state index >= 15 is 0 Å². The van der Waals surface area contributed by atoms with Crippen LogP contribution in [0.5, 0.6) is 11.6 Å². The average molecular weight is 348 g/mol. The second-order valence-corrected chi connectivity index (χ2v) is 5.82. The Labute approximate surface area is 142 Å². The highest BCUT2D eigenvalue weighted by atomic mass is 19.1. The smallest absolute Gasteiger partial charge is 0.272 e. The van der Waals surface area contributed by atoms with Crippen molar-refractivity contribution >= 4 is 11.6 Å². The molecule has 1 amide bonds. The summed E-state index contributed by atoms with van der Waals surface area (Å²) in [6.45, 7) is 3.90. The second-order valence-electron chi connectivity index (χ2n) is 5.82. The first-order chi connectivity index (χ1) is 11.9. The molecule has 0 saturated heterocycles. The molecule has 1 fully saturated rings. The fraction of sp³-hybridized carbons (Fsp3) is 0.375. The predicted molar refractivity (Wildman–Crippen MR) is 86.3 cm³/mol. The molecule has 132 valence electrons. The molecule has 0 atom stereocenters. The van der Waals surface area contributed by atoms with Gasteiger partial charge in [-0.05, 0) is 32.8 Å². The molecule has 1 aromatic heterocycles. The lowest BCUT2D eigenvalue weighted by molar-refractivity contribution is -0.385. The largest absolute Gasteiger partial charge is 0.436 e. The Morgan fingerprint density at radius 1 is 1.52 bits per heavy atom. The second kappa shape index (κ2) is 6.50. The number of aromatic nitrogens is 2. The first-order valence-electron chi connectivity index (χ1n) is 7.90. The minimum absolute atomic E-state index is 0.169. The molecule has 25 heavy (non-hydrogen) atoms. The molecular weight excluding hydrogens is 331 g/mol. The number of hydrogen-bond donors (Lipinski definition) is 1. The number of amides is 1.